The zero-order valence-corrected chi connectivity index (χ0v) is 12.3. The summed E-state index contributed by atoms with van der Waals surface area (Å²) >= 11 is 3.32. The normalized spacial score (nSPS) is 17.7. The minimum atomic E-state index is -3.66. The molecule has 0 bridgehead atoms. The van der Waals surface area contributed by atoms with Gasteiger partial charge in [-0.1, -0.05) is 6.42 Å². The van der Waals surface area contributed by atoms with Crippen LogP contribution < -0.4 is 9.88 Å². The molecule has 1 aromatic rings. The molecule has 0 atom stereocenters. The molecule has 1 saturated carbocycles. The van der Waals surface area contributed by atoms with Gasteiger partial charge < -0.3 is 4.74 Å². The van der Waals surface area contributed by atoms with Crippen LogP contribution in [0.15, 0.2) is 27.6 Å². The molecule has 0 aliphatic heterocycles. The van der Waals surface area contributed by atoms with E-state index in [1.165, 1.54) is 31.4 Å². The highest BCUT2D eigenvalue weighted by Gasteiger charge is 2.17. The lowest BCUT2D eigenvalue weighted by Gasteiger charge is -2.23. The van der Waals surface area contributed by atoms with Crippen molar-refractivity contribution in [3.8, 4) is 5.75 Å². The second kappa shape index (κ2) is 5.59. The van der Waals surface area contributed by atoms with Gasteiger partial charge in [0.2, 0.25) is 10.0 Å². The fraction of sp³-hybridized carbons (Fsp3) is 0.500. The highest BCUT2D eigenvalue weighted by atomic mass is 79.9. The van der Waals surface area contributed by atoms with Crippen LogP contribution in [0.25, 0.3) is 0 Å². The number of halogens is 1. The number of hydrogen-bond donors (Lipinski definition) is 1. The second-order valence-electron chi connectivity index (χ2n) is 4.52. The van der Waals surface area contributed by atoms with Gasteiger partial charge in [-0.2, -0.15) is 0 Å². The Balaban J connectivity index is 2.14. The van der Waals surface area contributed by atoms with Crippen LogP contribution in [0.3, 0.4) is 0 Å². The highest BCUT2D eigenvalue weighted by molar-refractivity contribution is 9.10. The first-order valence-corrected chi connectivity index (χ1v) is 8.30. The maximum Gasteiger partial charge on any atom is 0.238 e. The van der Waals surface area contributed by atoms with E-state index >= 15 is 0 Å². The summed E-state index contributed by atoms with van der Waals surface area (Å²) in [5.41, 5.74) is 0. The van der Waals surface area contributed by atoms with Crippen LogP contribution >= 0.6 is 15.9 Å². The van der Waals surface area contributed by atoms with Crippen molar-refractivity contribution < 1.29 is 13.2 Å². The van der Waals surface area contributed by atoms with Crippen LogP contribution in [0.4, 0.5) is 0 Å². The maximum absolute atomic E-state index is 11.2. The summed E-state index contributed by atoms with van der Waals surface area (Å²) < 4.78 is 28.9. The van der Waals surface area contributed by atoms with Crippen LogP contribution in [0.1, 0.15) is 32.1 Å². The Morgan fingerprint density at radius 3 is 2.44 bits per heavy atom. The van der Waals surface area contributed by atoms with Gasteiger partial charge >= 0.3 is 0 Å². The third-order valence-electron chi connectivity index (χ3n) is 3.08. The minimum absolute atomic E-state index is 0.0883. The molecule has 1 aliphatic carbocycles. The van der Waals surface area contributed by atoms with Gasteiger partial charge in [0.1, 0.15) is 5.75 Å². The number of nitrogens with two attached hydrogens (primary N) is 1. The minimum Gasteiger partial charge on any atom is -0.489 e. The molecule has 0 saturated heterocycles. The van der Waals surface area contributed by atoms with Crippen molar-refractivity contribution in [3.63, 3.8) is 0 Å². The number of sulfonamides is 1. The van der Waals surface area contributed by atoms with Gasteiger partial charge in [-0.05, 0) is 59.8 Å². The van der Waals surface area contributed by atoms with Crippen molar-refractivity contribution in [2.24, 2.45) is 5.14 Å². The molecule has 2 rings (SSSR count). The summed E-state index contributed by atoms with van der Waals surface area (Å²) in [4.78, 5) is 0.0883. The van der Waals surface area contributed by atoms with E-state index < -0.39 is 10.0 Å². The molecular formula is C12H16BrNO3S. The molecule has 100 valence electrons. The molecule has 4 nitrogen and oxygen atoms in total. The van der Waals surface area contributed by atoms with Gasteiger partial charge in [-0.25, -0.2) is 13.6 Å². The van der Waals surface area contributed by atoms with Gasteiger partial charge in [-0.3, -0.25) is 0 Å². The summed E-state index contributed by atoms with van der Waals surface area (Å²) in [7, 11) is -3.66. The van der Waals surface area contributed by atoms with Gasteiger partial charge in [0.25, 0.3) is 0 Å². The van der Waals surface area contributed by atoms with Gasteiger partial charge in [0.05, 0.1) is 15.5 Å². The average Bonchev–Trinajstić information content (AvgIpc) is 2.32. The van der Waals surface area contributed by atoms with Gasteiger partial charge in [0.15, 0.2) is 0 Å². The maximum atomic E-state index is 11.2. The molecule has 0 amide bonds. The summed E-state index contributed by atoms with van der Waals surface area (Å²) in [5, 5.41) is 5.07. The Kier molecular flexibility index (Phi) is 4.29. The van der Waals surface area contributed by atoms with E-state index in [4.69, 9.17) is 9.88 Å². The molecular weight excluding hydrogens is 318 g/mol. The quantitative estimate of drug-likeness (QED) is 0.924. The zero-order valence-electron chi connectivity index (χ0n) is 9.93. The Morgan fingerprint density at radius 2 is 1.89 bits per heavy atom. The summed E-state index contributed by atoms with van der Waals surface area (Å²) in [6.07, 6.45) is 6.00. The van der Waals surface area contributed by atoms with Crippen molar-refractivity contribution in [2.45, 2.75) is 43.1 Å². The lowest BCUT2D eigenvalue weighted by atomic mass is 9.98. The first-order chi connectivity index (χ1) is 8.47. The fourth-order valence-corrected chi connectivity index (χ4v) is 3.28. The van der Waals surface area contributed by atoms with Crippen molar-refractivity contribution in [2.75, 3.05) is 0 Å². The Morgan fingerprint density at radius 1 is 1.22 bits per heavy atom. The highest BCUT2D eigenvalue weighted by Crippen LogP contribution is 2.31. The number of hydrogen-bond acceptors (Lipinski definition) is 3. The van der Waals surface area contributed by atoms with Crippen molar-refractivity contribution in [3.05, 3.63) is 22.7 Å². The van der Waals surface area contributed by atoms with E-state index in [0.29, 0.717) is 10.2 Å². The third-order valence-corrected chi connectivity index (χ3v) is 4.61. The fourth-order valence-electron chi connectivity index (χ4n) is 2.12. The summed E-state index contributed by atoms with van der Waals surface area (Å²) in [5.74, 6) is 0.675. The molecule has 2 N–H and O–H groups in total. The Bertz CT molecular complexity index is 524. The molecule has 0 radical (unpaired) electrons. The Hall–Kier alpha value is -0.590. The van der Waals surface area contributed by atoms with Crippen molar-refractivity contribution >= 4 is 26.0 Å². The lowest BCUT2D eigenvalue weighted by molar-refractivity contribution is 0.154. The van der Waals surface area contributed by atoms with Crippen LogP contribution in [0, 0.1) is 0 Å². The molecule has 1 fully saturated rings. The van der Waals surface area contributed by atoms with Crippen LogP contribution in [-0.4, -0.2) is 14.5 Å². The zero-order chi connectivity index (χ0) is 13.2. The predicted octanol–water partition coefficient (Wildman–Crippen LogP) is 2.81. The topological polar surface area (TPSA) is 69.4 Å². The number of ether oxygens (including phenoxy) is 1. The molecule has 6 heteroatoms. The predicted molar refractivity (Wildman–Crippen MR) is 73.0 cm³/mol. The first kappa shape index (κ1) is 13.8. The molecule has 0 heterocycles. The Labute approximate surface area is 116 Å². The second-order valence-corrected chi connectivity index (χ2v) is 6.93. The monoisotopic (exact) mass is 333 g/mol. The van der Waals surface area contributed by atoms with Crippen LogP contribution in [0.5, 0.6) is 5.75 Å². The third kappa shape index (κ3) is 3.46. The van der Waals surface area contributed by atoms with E-state index in [9.17, 15) is 8.42 Å². The van der Waals surface area contributed by atoms with E-state index in [-0.39, 0.29) is 11.0 Å². The average molecular weight is 334 g/mol. The smallest absolute Gasteiger partial charge is 0.238 e. The standard InChI is InChI=1S/C12H16BrNO3S/c13-11-8-10(18(14,15)16)6-7-12(11)17-9-4-2-1-3-5-9/h6-9H,1-5H2,(H2,14,15,16). The van der Waals surface area contributed by atoms with Crippen molar-refractivity contribution in [1.82, 2.24) is 0 Å². The van der Waals surface area contributed by atoms with E-state index in [0.717, 1.165) is 12.8 Å². The summed E-state index contributed by atoms with van der Waals surface area (Å²) in [6.45, 7) is 0. The number of rotatable bonds is 3. The summed E-state index contributed by atoms with van der Waals surface area (Å²) in [6, 6.07) is 4.60. The molecule has 18 heavy (non-hydrogen) atoms. The number of primary sulfonamides is 1. The number of benzene rings is 1. The first-order valence-electron chi connectivity index (χ1n) is 5.96. The van der Waals surface area contributed by atoms with Gasteiger partial charge in [0, 0.05) is 0 Å². The van der Waals surface area contributed by atoms with Gasteiger partial charge in [-0.15, -0.1) is 0 Å². The van der Waals surface area contributed by atoms with Crippen LogP contribution in [-0.2, 0) is 10.0 Å². The van der Waals surface area contributed by atoms with Crippen LogP contribution in [0.2, 0.25) is 0 Å². The molecule has 1 aliphatic rings. The van der Waals surface area contributed by atoms with E-state index in [1.807, 2.05) is 0 Å². The van der Waals surface area contributed by atoms with E-state index in [2.05, 4.69) is 15.9 Å². The molecule has 0 spiro atoms. The SMILES string of the molecule is NS(=O)(=O)c1ccc(OC2CCCCC2)c(Br)c1. The molecule has 1 aromatic carbocycles. The van der Waals surface area contributed by atoms with Crippen molar-refractivity contribution in [1.29, 1.82) is 0 Å². The molecule has 0 aromatic heterocycles. The molecule has 0 unspecified atom stereocenters. The lowest BCUT2D eigenvalue weighted by Crippen LogP contribution is -2.20. The largest absolute Gasteiger partial charge is 0.489 e. The van der Waals surface area contributed by atoms with E-state index in [1.54, 1.807) is 6.07 Å².